The van der Waals surface area contributed by atoms with E-state index in [2.05, 4.69) is 18.7 Å². The summed E-state index contributed by atoms with van der Waals surface area (Å²) in [4.78, 5) is 2.35. The zero-order chi connectivity index (χ0) is 13.1. The van der Waals surface area contributed by atoms with Crippen LogP contribution in [0.1, 0.15) is 38.5 Å². The first-order chi connectivity index (χ1) is 8.63. The molecule has 0 radical (unpaired) electrons. The lowest BCUT2D eigenvalue weighted by molar-refractivity contribution is 0.00666. The fourth-order valence-corrected chi connectivity index (χ4v) is 2.76. The number of hydrogen-bond donors (Lipinski definition) is 2. The van der Waals surface area contributed by atoms with Crippen LogP contribution in [0.3, 0.4) is 0 Å². The largest absolute Gasteiger partial charge is 0.468 e. The molecule has 0 bridgehead atoms. The fraction of sp³-hybridized carbons (Fsp3) is 0.714. The van der Waals surface area contributed by atoms with Gasteiger partial charge in [-0.05, 0) is 30.9 Å². The van der Waals surface area contributed by atoms with Crippen molar-refractivity contribution in [3.8, 4) is 0 Å². The fourth-order valence-electron chi connectivity index (χ4n) is 2.76. The van der Waals surface area contributed by atoms with Gasteiger partial charge in [0.2, 0.25) is 0 Å². The zero-order valence-electron chi connectivity index (χ0n) is 11.2. The molecule has 1 aliphatic heterocycles. The van der Waals surface area contributed by atoms with Gasteiger partial charge >= 0.3 is 0 Å². The highest BCUT2D eigenvalue weighted by molar-refractivity contribution is 5.08. The summed E-state index contributed by atoms with van der Waals surface area (Å²) in [7, 11) is 0. The van der Waals surface area contributed by atoms with Crippen molar-refractivity contribution in [2.45, 2.75) is 44.9 Å². The second-order valence-electron chi connectivity index (χ2n) is 5.36. The molecule has 1 aromatic rings. The minimum atomic E-state index is -0.184. The van der Waals surface area contributed by atoms with Gasteiger partial charge < -0.3 is 15.3 Å². The molecule has 4 heteroatoms. The normalized spacial score (nSPS) is 29.1. The molecule has 102 valence electrons. The number of aliphatic hydroxyl groups excluding tert-OH is 1. The second-order valence-corrected chi connectivity index (χ2v) is 5.36. The molecule has 3 N–H and O–H groups in total. The Morgan fingerprint density at radius 3 is 2.94 bits per heavy atom. The lowest BCUT2D eigenvalue weighted by atomic mass is 9.92. The van der Waals surface area contributed by atoms with Crippen molar-refractivity contribution in [1.82, 2.24) is 4.90 Å². The van der Waals surface area contributed by atoms with Crippen LogP contribution in [0.15, 0.2) is 22.8 Å². The van der Waals surface area contributed by atoms with E-state index in [4.69, 9.17) is 10.2 Å². The van der Waals surface area contributed by atoms with E-state index in [-0.39, 0.29) is 18.2 Å². The number of aliphatic hydroxyl groups is 1. The molecule has 0 aliphatic carbocycles. The van der Waals surface area contributed by atoms with Crippen LogP contribution >= 0.6 is 0 Å². The van der Waals surface area contributed by atoms with E-state index >= 15 is 0 Å². The molecular formula is C14H24N2O2. The minimum Gasteiger partial charge on any atom is -0.468 e. The number of nitrogens with zero attached hydrogens (tertiary/aromatic N) is 1. The third-order valence-electron chi connectivity index (χ3n) is 4.00. The summed E-state index contributed by atoms with van der Waals surface area (Å²) in [5.41, 5.74) is 6.26. The van der Waals surface area contributed by atoms with Gasteiger partial charge in [0.15, 0.2) is 0 Å². The summed E-state index contributed by atoms with van der Waals surface area (Å²) < 4.78 is 5.55. The molecular weight excluding hydrogens is 228 g/mol. The number of nitrogens with two attached hydrogens (primary N) is 1. The Hall–Kier alpha value is -0.840. The Bertz CT molecular complexity index is 353. The molecule has 4 unspecified atom stereocenters. The molecule has 1 fully saturated rings. The lowest BCUT2D eigenvalue weighted by Gasteiger charge is -2.40. The van der Waals surface area contributed by atoms with Crippen molar-refractivity contribution in [2.75, 3.05) is 13.1 Å². The predicted octanol–water partition coefficient (Wildman–Crippen LogP) is 1.76. The molecule has 1 saturated heterocycles. The SMILES string of the molecule is CCC(N)C(c1ccco1)N1CCC(O)C(C)C1. The van der Waals surface area contributed by atoms with Gasteiger partial charge in [0.1, 0.15) is 5.76 Å². The van der Waals surface area contributed by atoms with Crippen molar-refractivity contribution < 1.29 is 9.52 Å². The van der Waals surface area contributed by atoms with Gasteiger partial charge in [-0.1, -0.05) is 13.8 Å². The standard InChI is InChI=1S/C14H24N2O2/c1-3-11(15)14(13-5-4-8-18-13)16-7-6-12(17)10(2)9-16/h4-5,8,10-12,14,17H,3,6-7,9,15H2,1-2H3. The van der Waals surface area contributed by atoms with Crippen LogP contribution in [0.2, 0.25) is 0 Å². The van der Waals surface area contributed by atoms with Crippen molar-refractivity contribution in [3.05, 3.63) is 24.2 Å². The third-order valence-corrected chi connectivity index (χ3v) is 4.00. The number of piperidine rings is 1. The average molecular weight is 252 g/mol. The molecule has 2 rings (SSSR count). The zero-order valence-corrected chi connectivity index (χ0v) is 11.2. The quantitative estimate of drug-likeness (QED) is 0.857. The first-order valence-corrected chi connectivity index (χ1v) is 6.84. The average Bonchev–Trinajstić information content (AvgIpc) is 2.87. The van der Waals surface area contributed by atoms with Gasteiger partial charge in [-0.2, -0.15) is 0 Å². The summed E-state index contributed by atoms with van der Waals surface area (Å²) in [5, 5.41) is 9.82. The summed E-state index contributed by atoms with van der Waals surface area (Å²) in [6, 6.07) is 4.10. The van der Waals surface area contributed by atoms with Gasteiger partial charge in [-0.3, -0.25) is 4.90 Å². The summed E-state index contributed by atoms with van der Waals surface area (Å²) in [5.74, 6) is 1.23. The third kappa shape index (κ3) is 2.76. The van der Waals surface area contributed by atoms with E-state index in [9.17, 15) is 5.11 Å². The number of hydrogen-bond acceptors (Lipinski definition) is 4. The Morgan fingerprint density at radius 2 is 2.39 bits per heavy atom. The van der Waals surface area contributed by atoms with Gasteiger partial charge in [-0.15, -0.1) is 0 Å². The smallest absolute Gasteiger partial charge is 0.122 e. The lowest BCUT2D eigenvalue weighted by Crippen LogP contribution is -2.48. The highest BCUT2D eigenvalue weighted by Crippen LogP contribution is 2.30. The Balaban J connectivity index is 2.14. The molecule has 4 atom stereocenters. The van der Waals surface area contributed by atoms with Crippen LogP contribution in [0.5, 0.6) is 0 Å². The number of rotatable bonds is 4. The van der Waals surface area contributed by atoms with Gasteiger partial charge in [0.25, 0.3) is 0 Å². The van der Waals surface area contributed by atoms with Crippen LogP contribution in [0.4, 0.5) is 0 Å². The van der Waals surface area contributed by atoms with E-state index in [1.807, 2.05) is 12.1 Å². The first kappa shape index (κ1) is 13.6. The highest BCUT2D eigenvalue weighted by atomic mass is 16.3. The topological polar surface area (TPSA) is 62.6 Å². The van der Waals surface area contributed by atoms with Crippen molar-refractivity contribution >= 4 is 0 Å². The van der Waals surface area contributed by atoms with Gasteiger partial charge in [-0.25, -0.2) is 0 Å². The summed E-state index contributed by atoms with van der Waals surface area (Å²) >= 11 is 0. The predicted molar refractivity (Wildman–Crippen MR) is 71.1 cm³/mol. The van der Waals surface area contributed by atoms with Crippen molar-refractivity contribution in [2.24, 2.45) is 11.7 Å². The second kappa shape index (κ2) is 5.87. The molecule has 0 saturated carbocycles. The van der Waals surface area contributed by atoms with Crippen LogP contribution < -0.4 is 5.73 Å². The monoisotopic (exact) mass is 252 g/mol. The Kier molecular flexibility index (Phi) is 4.43. The minimum absolute atomic E-state index is 0.0681. The van der Waals surface area contributed by atoms with E-state index in [0.29, 0.717) is 5.92 Å². The molecule has 0 aromatic carbocycles. The van der Waals surface area contributed by atoms with Crippen LogP contribution in [-0.4, -0.2) is 35.2 Å². The van der Waals surface area contributed by atoms with Crippen LogP contribution in [0, 0.1) is 5.92 Å². The van der Waals surface area contributed by atoms with Crippen LogP contribution in [0.25, 0.3) is 0 Å². The Morgan fingerprint density at radius 1 is 1.61 bits per heavy atom. The van der Waals surface area contributed by atoms with E-state index in [1.54, 1.807) is 6.26 Å². The van der Waals surface area contributed by atoms with Gasteiger partial charge in [0.05, 0.1) is 18.4 Å². The van der Waals surface area contributed by atoms with E-state index in [0.717, 1.165) is 31.7 Å². The molecule has 4 nitrogen and oxygen atoms in total. The molecule has 18 heavy (non-hydrogen) atoms. The number of furan rings is 1. The number of likely N-dealkylation sites (tertiary alicyclic amines) is 1. The van der Waals surface area contributed by atoms with Crippen molar-refractivity contribution in [1.29, 1.82) is 0 Å². The van der Waals surface area contributed by atoms with Crippen molar-refractivity contribution in [3.63, 3.8) is 0 Å². The molecule has 0 spiro atoms. The molecule has 2 heterocycles. The molecule has 1 aliphatic rings. The Labute approximate surface area is 109 Å². The maximum absolute atomic E-state index is 9.82. The summed E-state index contributed by atoms with van der Waals surface area (Å²) in [6.45, 7) is 5.95. The van der Waals surface area contributed by atoms with E-state index in [1.165, 1.54) is 0 Å². The van der Waals surface area contributed by atoms with E-state index < -0.39 is 0 Å². The summed E-state index contributed by atoms with van der Waals surface area (Å²) in [6.07, 6.45) is 3.25. The highest BCUT2D eigenvalue weighted by Gasteiger charge is 2.33. The maximum atomic E-state index is 9.82. The first-order valence-electron chi connectivity index (χ1n) is 6.84. The van der Waals surface area contributed by atoms with Gasteiger partial charge in [0, 0.05) is 19.1 Å². The van der Waals surface area contributed by atoms with Crippen LogP contribution in [-0.2, 0) is 0 Å². The maximum Gasteiger partial charge on any atom is 0.122 e. The molecule has 1 aromatic heterocycles. The molecule has 0 amide bonds.